The highest BCUT2D eigenvalue weighted by molar-refractivity contribution is 6.07. The average molecular weight is 386 g/mol. The van der Waals surface area contributed by atoms with Crippen LogP contribution in [0.4, 0.5) is 4.79 Å². The number of nitrogens with zero attached hydrogens (tertiary/aromatic N) is 2. The zero-order valence-electron chi connectivity index (χ0n) is 16.2. The van der Waals surface area contributed by atoms with Gasteiger partial charge >= 0.3 is 6.03 Å². The Morgan fingerprint density at radius 1 is 1.03 bits per heavy atom. The van der Waals surface area contributed by atoms with Gasteiger partial charge in [-0.25, -0.2) is 4.79 Å². The molecule has 29 heavy (non-hydrogen) atoms. The van der Waals surface area contributed by atoms with Crippen LogP contribution in [0.3, 0.4) is 0 Å². The highest BCUT2D eigenvalue weighted by atomic mass is 16.2. The third-order valence-corrected chi connectivity index (χ3v) is 6.10. The summed E-state index contributed by atoms with van der Waals surface area (Å²) in [5.74, 6) is -0.205. The average Bonchev–Trinajstić information content (AvgIpc) is 3.20. The molecular weight excluding hydrogens is 364 g/mol. The molecule has 0 radical (unpaired) electrons. The molecule has 5 rings (SSSR count). The van der Waals surface area contributed by atoms with E-state index in [4.69, 9.17) is 4.98 Å². The summed E-state index contributed by atoms with van der Waals surface area (Å²) < 4.78 is 0. The number of urea groups is 1. The van der Waals surface area contributed by atoms with E-state index in [9.17, 15) is 9.59 Å². The molecule has 6 heteroatoms. The van der Waals surface area contributed by atoms with E-state index in [1.54, 1.807) is 11.9 Å². The summed E-state index contributed by atoms with van der Waals surface area (Å²) in [6, 6.07) is 18.3. The van der Waals surface area contributed by atoms with Gasteiger partial charge in [0.25, 0.3) is 5.91 Å². The molecule has 146 valence electrons. The molecule has 1 saturated heterocycles. The number of rotatable bonds is 4. The van der Waals surface area contributed by atoms with Crippen LogP contribution in [0.5, 0.6) is 0 Å². The van der Waals surface area contributed by atoms with Crippen molar-refractivity contribution in [2.45, 2.75) is 31.5 Å². The van der Waals surface area contributed by atoms with Gasteiger partial charge in [-0.1, -0.05) is 36.4 Å². The predicted molar refractivity (Wildman–Crippen MR) is 110 cm³/mol. The number of amides is 3. The molecule has 1 aliphatic heterocycles. The second kappa shape index (κ2) is 6.67. The molecule has 0 saturated carbocycles. The quantitative estimate of drug-likeness (QED) is 0.676. The molecular formula is C23H22N4O2. The monoisotopic (exact) mass is 386 g/mol. The van der Waals surface area contributed by atoms with Crippen molar-refractivity contribution in [3.63, 3.8) is 0 Å². The van der Waals surface area contributed by atoms with Crippen molar-refractivity contribution in [1.29, 1.82) is 0 Å². The lowest BCUT2D eigenvalue weighted by molar-refractivity contribution is -0.125. The topological polar surface area (TPSA) is 74.3 Å². The number of nitrogens with one attached hydrogen (secondary N) is 2. The summed E-state index contributed by atoms with van der Waals surface area (Å²) in [6.07, 6.45) is 1.08. The van der Waals surface area contributed by atoms with Crippen molar-refractivity contribution in [1.82, 2.24) is 20.5 Å². The number of carbonyl (C=O) groups is 2. The van der Waals surface area contributed by atoms with Crippen LogP contribution >= 0.6 is 0 Å². The van der Waals surface area contributed by atoms with E-state index in [0.717, 1.165) is 34.3 Å². The van der Waals surface area contributed by atoms with Crippen molar-refractivity contribution >= 4 is 22.8 Å². The summed E-state index contributed by atoms with van der Waals surface area (Å²) >= 11 is 0. The normalized spacial score (nSPS) is 20.5. The molecule has 1 spiro atoms. The van der Waals surface area contributed by atoms with Crippen LogP contribution in [-0.2, 0) is 30.7 Å². The summed E-state index contributed by atoms with van der Waals surface area (Å²) in [5, 5.41) is 6.93. The van der Waals surface area contributed by atoms with Crippen molar-refractivity contribution in [3.05, 3.63) is 77.0 Å². The summed E-state index contributed by atoms with van der Waals surface area (Å²) in [5.41, 5.74) is 4.56. The Bertz CT molecular complexity index is 1130. The van der Waals surface area contributed by atoms with E-state index in [0.29, 0.717) is 19.4 Å². The molecule has 3 amide bonds. The van der Waals surface area contributed by atoms with Crippen LogP contribution in [0.2, 0.25) is 0 Å². The molecule has 2 heterocycles. The molecule has 3 aromatic rings. The molecule has 1 unspecified atom stereocenters. The number of likely N-dealkylation sites (N-methyl/N-ethyl adjacent to an activating group) is 1. The van der Waals surface area contributed by atoms with Crippen molar-refractivity contribution < 1.29 is 9.59 Å². The van der Waals surface area contributed by atoms with Crippen LogP contribution < -0.4 is 10.6 Å². The number of pyridine rings is 1. The fourth-order valence-electron chi connectivity index (χ4n) is 4.40. The van der Waals surface area contributed by atoms with Gasteiger partial charge in [0, 0.05) is 38.4 Å². The van der Waals surface area contributed by atoms with E-state index in [1.165, 1.54) is 5.56 Å². The van der Waals surface area contributed by atoms with Gasteiger partial charge in [0.15, 0.2) is 0 Å². The number of hydrogen-bond donors (Lipinski definition) is 2. The van der Waals surface area contributed by atoms with Gasteiger partial charge in [-0.2, -0.15) is 0 Å². The Labute approximate surface area is 168 Å². The van der Waals surface area contributed by atoms with Crippen molar-refractivity contribution in [2.24, 2.45) is 0 Å². The maximum Gasteiger partial charge on any atom is 0.324 e. The first-order chi connectivity index (χ1) is 14.0. The lowest BCUT2D eigenvalue weighted by Crippen LogP contribution is -2.48. The molecule has 1 aromatic heterocycles. The first-order valence-electron chi connectivity index (χ1n) is 9.80. The van der Waals surface area contributed by atoms with Crippen LogP contribution in [-0.4, -0.2) is 34.4 Å². The Hall–Kier alpha value is -3.25. The van der Waals surface area contributed by atoms with E-state index < -0.39 is 5.54 Å². The molecule has 2 aromatic carbocycles. The molecule has 2 N–H and O–H groups in total. The second-order valence-corrected chi connectivity index (χ2v) is 7.91. The summed E-state index contributed by atoms with van der Waals surface area (Å²) in [7, 11) is 1.70. The third-order valence-electron chi connectivity index (χ3n) is 6.10. The van der Waals surface area contributed by atoms with Gasteiger partial charge in [-0.05, 0) is 34.9 Å². The van der Waals surface area contributed by atoms with Crippen molar-refractivity contribution in [3.8, 4) is 0 Å². The first kappa shape index (κ1) is 17.8. The number of fused-ring (bicyclic) bond motifs is 2. The molecule has 6 nitrogen and oxygen atoms in total. The summed E-state index contributed by atoms with van der Waals surface area (Å²) in [6.45, 7) is 1.48. The van der Waals surface area contributed by atoms with Crippen LogP contribution in [0.25, 0.3) is 10.9 Å². The van der Waals surface area contributed by atoms with E-state index in [1.807, 2.05) is 24.3 Å². The minimum absolute atomic E-state index is 0.205. The second-order valence-electron chi connectivity index (χ2n) is 7.91. The van der Waals surface area contributed by atoms with Crippen molar-refractivity contribution in [2.75, 3.05) is 7.05 Å². The first-order valence-corrected chi connectivity index (χ1v) is 9.80. The standard InChI is InChI=1S/C23H22N4O2/c1-27-22(29)26-21(28)23(27)11-17-9-16-7-8-19(25-20(16)10-18(17)12-23)14-24-13-15-5-3-2-4-6-15/h2-10,24H,11-14H2,1H3,(H,26,28,29). The molecule has 1 atom stereocenters. The zero-order valence-corrected chi connectivity index (χ0v) is 16.2. The molecule has 0 bridgehead atoms. The molecule has 2 aliphatic rings. The highest BCUT2D eigenvalue weighted by Gasteiger charge is 2.54. The fraction of sp³-hybridized carbons (Fsp3) is 0.261. The number of hydrogen-bond acceptors (Lipinski definition) is 4. The maximum absolute atomic E-state index is 12.5. The highest BCUT2D eigenvalue weighted by Crippen LogP contribution is 2.38. The molecule has 1 aliphatic carbocycles. The molecule has 1 fully saturated rings. The SMILES string of the molecule is CN1C(=O)NC(=O)C12Cc1cc3ccc(CNCc4ccccc4)nc3cc1C2. The Kier molecular flexibility index (Phi) is 4.10. The number of carbonyl (C=O) groups excluding carboxylic acids is 2. The smallest absolute Gasteiger partial charge is 0.312 e. The third kappa shape index (κ3) is 2.96. The van der Waals surface area contributed by atoms with Gasteiger partial charge in [0.05, 0.1) is 11.2 Å². The van der Waals surface area contributed by atoms with E-state index >= 15 is 0 Å². The van der Waals surface area contributed by atoms with Gasteiger partial charge in [0.2, 0.25) is 0 Å². The number of aromatic nitrogens is 1. The van der Waals surface area contributed by atoms with Gasteiger partial charge in [-0.15, -0.1) is 0 Å². The van der Waals surface area contributed by atoms with Crippen LogP contribution in [0.15, 0.2) is 54.6 Å². The number of imide groups is 1. The lowest BCUT2D eigenvalue weighted by atomic mass is 9.95. The predicted octanol–water partition coefficient (Wildman–Crippen LogP) is 2.54. The van der Waals surface area contributed by atoms with E-state index in [2.05, 4.69) is 41.0 Å². The maximum atomic E-state index is 12.5. The minimum atomic E-state index is -0.795. The van der Waals surface area contributed by atoms with Gasteiger partial charge in [-0.3, -0.25) is 15.1 Å². The largest absolute Gasteiger partial charge is 0.324 e. The van der Waals surface area contributed by atoms with Gasteiger partial charge in [0.1, 0.15) is 5.54 Å². The Morgan fingerprint density at radius 3 is 2.52 bits per heavy atom. The summed E-state index contributed by atoms with van der Waals surface area (Å²) in [4.78, 5) is 30.8. The van der Waals surface area contributed by atoms with Crippen LogP contribution in [0, 0.1) is 0 Å². The van der Waals surface area contributed by atoms with Crippen LogP contribution in [0.1, 0.15) is 22.4 Å². The Morgan fingerprint density at radius 2 is 1.79 bits per heavy atom. The minimum Gasteiger partial charge on any atom is -0.312 e. The zero-order chi connectivity index (χ0) is 20.0. The van der Waals surface area contributed by atoms with Gasteiger partial charge < -0.3 is 10.2 Å². The fourth-order valence-corrected chi connectivity index (χ4v) is 4.40. The Balaban J connectivity index is 1.37. The number of benzene rings is 2. The lowest BCUT2D eigenvalue weighted by Gasteiger charge is -2.27. The van der Waals surface area contributed by atoms with E-state index in [-0.39, 0.29) is 11.9 Å².